The number of amides is 1. The summed E-state index contributed by atoms with van der Waals surface area (Å²) in [4.78, 5) is 15.0. The van der Waals surface area contributed by atoms with Crippen molar-refractivity contribution in [3.8, 4) is 23.0 Å². The fraction of sp³-hybridized carbons (Fsp3) is 0.261. The molecule has 156 valence electrons. The molecule has 3 aromatic rings. The first-order valence-corrected chi connectivity index (χ1v) is 9.43. The minimum Gasteiger partial charge on any atom is -0.497 e. The molecule has 1 saturated heterocycles. The summed E-state index contributed by atoms with van der Waals surface area (Å²) in [6.45, 7) is 0. The molecule has 0 saturated carbocycles. The maximum Gasteiger partial charge on any atom is 0.240 e. The second-order valence-electron chi connectivity index (χ2n) is 6.80. The van der Waals surface area contributed by atoms with E-state index < -0.39 is 5.92 Å². The van der Waals surface area contributed by atoms with Crippen LogP contribution < -0.4 is 23.8 Å². The van der Waals surface area contributed by atoms with Crippen LogP contribution in [0.2, 0.25) is 0 Å². The van der Waals surface area contributed by atoms with Gasteiger partial charge in [0.1, 0.15) is 17.4 Å². The van der Waals surface area contributed by atoms with Gasteiger partial charge in [-0.1, -0.05) is 12.1 Å². The van der Waals surface area contributed by atoms with E-state index in [9.17, 15) is 4.79 Å². The summed E-state index contributed by atoms with van der Waals surface area (Å²) >= 11 is 0. The number of methoxy groups -OCH3 is 4. The molecule has 4 rings (SSSR count). The van der Waals surface area contributed by atoms with Crippen LogP contribution in [0.3, 0.4) is 0 Å². The number of carbonyl (C=O) groups excluding carboxylic acids is 1. The highest BCUT2D eigenvalue weighted by atomic mass is 16.5. The zero-order chi connectivity index (χ0) is 21.3. The number of carbonyl (C=O) groups is 1. The molecule has 1 aliphatic heterocycles. The fourth-order valence-electron chi connectivity index (χ4n) is 3.87. The molecule has 2 heterocycles. The number of β-lactam (4-membered cyclic amide) rings is 1. The van der Waals surface area contributed by atoms with E-state index in [-0.39, 0.29) is 11.9 Å². The highest BCUT2D eigenvalue weighted by Crippen LogP contribution is 2.52. The second kappa shape index (κ2) is 8.02. The van der Waals surface area contributed by atoms with Gasteiger partial charge in [-0.3, -0.25) is 4.79 Å². The van der Waals surface area contributed by atoms with Gasteiger partial charge in [0, 0.05) is 12.1 Å². The standard InChI is InChI=1S/C23H23NO6/c1-26-16-9-7-14(8-10-16)21-20(17-6-5-11-30-17)23(25)24(21)15-12-18(27-2)22(29-4)19(13-15)28-3/h5-13,20-21H,1-4H3/t20-,21-/m1/s1. The summed E-state index contributed by atoms with van der Waals surface area (Å²) < 4.78 is 27.2. The number of furan rings is 1. The Morgan fingerprint density at radius 2 is 1.53 bits per heavy atom. The molecule has 2 aromatic carbocycles. The molecule has 7 heteroatoms. The van der Waals surface area contributed by atoms with Crippen molar-refractivity contribution in [3.05, 3.63) is 66.1 Å². The molecule has 0 bridgehead atoms. The van der Waals surface area contributed by atoms with Crippen molar-refractivity contribution >= 4 is 11.6 Å². The highest BCUT2D eigenvalue weighted by molar-refractivity contribution is 6.06. The van der Waals surface area contributed by atoms with Gasteiger partial charge in [0.25, 0.3) is 0 Å². The maximum atomic E-state index is 13.2. The number of rotatable bonds is 7. The average molecular weight is 409 g/mol. The van der Waals surface area contributed by atoms with Gasteiger partial charge in [-0.25, -0.2) is 0 Å². The van der Waals surface area contributed by atoms with Crippen LogP contribution in [0.1, 0.15) is 23.3 Å². The van der Waals surface area contributed by atoms with Crippen LogP contribution in [0.4, 0.5) is 5.69 Å². The molecule has 2 atom stereocenters. The van der Waals surface area contributed by atoms with Crippen LogP contribution in [-0.2, 0) is 4.79 Å². The lowest BCUT2D eigenvalue weighted by Gasteiger charge is -2.46. The van der Waals surface area contributed by atoms with E-state index in [2.05, 4.69) is 0 Å². The van der Waals surface area contributed by atoms with Crippen LogP contribution >= 0.6 is 0 Å². The summed E-state index contributed by atoms with van der Waals surface area (Å²) in [6.07, 6.45) is 1.58. The first-order chi connectivity index (χ1) is 14.6. The molecule has 0 unspecified atom stereocenters. The minimum absolute atomic E-state index is 0.0694. The second-order valence-corrected chi connectivity index (χ2v) is 6.80. The van der Waals surface area contributed by atoms with Crippen molar-refractivity contribution in [2.24, 2.45) is 0 Å². The van der Waals surface area contributed by atoms with Crippen LogP contribution in [0.5, 0.6) is 23.0 Å². The molecule has 30 heavy (non-hydrogen) atoms. The van der Waals surface area contributed by atoms with E-state index in [0.29, 0.717) is 28.7 Å². The Kier molecular flexibility index (Phi) is 5.27. The van der Waals surface area contributed by atoms with Gasteiger partial charge in [0.2, 0.25) is 11.7 Å². The SMILES string of the molecule is COc1ccc([C@@H]2[C@@H](c3ccco3)C(=O)N2c2cc(OC)c(OC)c(OC)c2)cc1. The van der Waals surface area contributed by atoms with Crippen molar-refractivity contribution in [1.82, 2.24) is 0 Å². The van der Waals surface area contributed by atoms with Gasteiger partial charge in [-0.15, -0.1) is 0 Å². The van der Waals surface area contributed by atoms with Gasteiger partial charge >= 0.3 is 0 Å². The number of anilines is 1. The normalized spacial score (nSPS) is 18.0. The topological polar surface area (TPSA) is 70.4 Å². The Morgan fingerprint density at radius 3 is 2.03 bits per heavy atom. The lowest BCUT2D eigenvalue weighted by molar-refractivity contribution is -0.127. The van der Waals surface area contributed by atoms with Crippen molar-refractivity contribution in [2.75, 3.05) is 33.3 Å². The molecular formula is C23H23NO6. The summed E-state index contributed by atoms with van der Waals surface area (Å²) in [6, 6.07) is 14.6. The van der Waals surface area contributed by atoms with Crippen LogP contribution in [0, 0.1) is 0 Å². The Balaban J connectivity index is 1.80. The summed E-state index contributed by atoms with van der Waals surface area (Å²) in [5, 5.41) is 0. The number of benzene rings is 2. The molecule has 1 aliphatic rings. The third-order valence-corrected chi connectivity index (χ3v) is 5.33. The molecule has 1 amide bonds. The zero-order valence-electron chi connectivity index (χ0n) is 17.2. The Labute approximate surface area is 174 Å². The summed E-state index contributed by atoms with van der Waals surface area (Å²) in [7, 11) is 6.26. The minimum atomic E-state index is -0.424. The smallest absolute Gasteiger partial charge is 0.240 e. The predicted molar refractivity (Wildman–Crippen MR) is 111 cm³/mol. The van der Waals surface area contributed by atoms with E-state index in [1.807, 2.05) is 30.3 Å². The van der Waals surface area contributed by atoms with E-state index in [0.717, 1.165) is 11.3 Å². The zero-order valence-corrected chi connectivity index (χ0v) is 17.2. The molecular weight excluding hydrogens is 386 g/mol. The third-order valence-electron chi connectivity index (χ3n) is 5.33. The third kappa shape index (κ3) is 3.12. The molecule has 1 fully saturated rings. The van der Waals surface area contributed by atoms with Gasteiger partial charge in [0.15, 0.2) is 11.5 Å². The number of hydrogen-bond donors (Lipinski definition) is 0. The number of ether oxygens (including phenoxy) is 4. The van der Waals surface area contributed by atoms with Crippen LogP contribution in [0.15, 0.2) is 59.2 Å². The van der Waals surface area contributed by atoms with Gasteiger partial charge in [-0.2, -0.15) is 0 Å². The molecule has 0 radical (unpaired) electrons. The Bertz CT molecular complexity index is 1000. The predicted octanol–water partition coefficient (Wildman–Crippen LogP) is 4.19. The molecule has 1 aromatic heterocycles. The summed E-state index contributed by atoms with van der Waals surface area (Å²) in [5.41, 5.74) is 1.61. The average Bonchev–Trinajstić information content (AvgIpc) is 3.30. The van der Waals surface area contributed by atoms with Crippen molar-refractivity contribution in [1.29, 1.82) is 0 Å². The van der Waals surface area contributed by atoms with E-state index in [1.165, 1.54) is 0 Å². The molecule has 0 N–H and O–H groups in total. The Hall–Kier alpha value is -3.61. The first-order valence-electron chi connectivity index (χ1n) is 9.43. The number of nitrogens with zero attached hydrogens (tertiary/aromatic N) is 1. The quantitative estimate of drug-likeness (QED) is 0.545. The molecule has 0 spiro atoms. The van der Waals surface area contributed by atoms with Crippen LogP contribution in [0.25, 0.3) is 0 Å². The van der Waals surface area contributed by atoms with Gasteiger partial charge in [-0.05, 0) is 29.8 Å². The lowest BCUT2D eigenvalue weighted by atomic mass is 9.80. The maximum absolute atomic E-state index is 13.2. The van der Waals surface area contributed by atoms with E-state index in [1.54, 1.807) is 57.8 Å². The van der Waals surface area contributed by atoms with Gasteiger partial charge < -0.3 is 28.3 Å². The van der Waals surface area contributed by atoms with E-state index >= 15 is 0 Å². The first kappa shape index (κ1) is 19.7. The fourth-order valence-corrected chi connectivity index (χ4v) is 3.87. The highest BCUT2D eigenvalue weighted by Gasteiger charge is 2.51. The number of hydrogen-bond acceptors (Lipinski definition) is 6. The van der Waals surface area contributed by atoms with Crippen molar-refractivity contribution in [3.63, 3.8) is 0 Å². The lowest BCUT2D eigenvalue weighted by Crippen LogP contribution is -2.53. The van der Waals surface area contributed by atoms with Crippen molar-refractivity contribution in [2.45, 2.75) is 12.0 Å². The largest absolute Gasteiger partial charge is 0.497 e. The molecule has 7 nitrogen and oxygen atoms in total. The molecule has 0 aliphatic carbocycles. The monoisotopic (exact) mass is 409 g/mol. The Morgan fingerprint density at radius 1 is 0.867 bits per heavy atom. The summed E-state index contributed by atoms with van der Waals surface area (Å²) in [5.74, 6) is 2.32. The van der Waals surface area contributed by atoms with Gasteiger partial charge in [0.05, 0.1) is 46.4 Å². The van der Waals surface area contributed by atoms with Crippen LogP contribution in [-0.4, -0.2) is 34.3 Å². The van der Waals surface area contributed by atoms with Crippen molar-refractivity contribution < 1.29 is 28.2 Å². The van der Waals surface area contributed by atoms with E-state index in [4.69, 9.17) is 23.4 Å².